The van der Waals surface area contributed by atoms with Crippen LogP contribution in [0.4, 0.5) is 4.39 Å². The van der Waals surface area contributed by atoms with Gasteiger partial charge in [-0.25, -0.2) is 4.39 Å². The van der Waals surface area contributed by atoms with Crippen molar-refractivity contribution in [3.8, 4) is 5.75 Å². The van der Waals surface area contributed by atoms with Crippen LogP contribution in [0.15, 0.2) is 35.7 Å². The lowest BCUT2D eigenvalue weighted by Gasteiger charge is -2.10. The van der Waals surface area contributed by atoms with Crippen molar-refractivity contribution >= 4 is 32.1 Å². The summed E-state index contributed by atoms with van der Waals surface area (Å²) in [7, 11) is 1.46. The molecule has 0 bridgehead atoms. The van der Waals surface area contributed by atoms with E-state index in [2.05, 4.69) is 17.5 Å². The molecular weight excluding hydrogens is 293 g/mol. The molecule has 2 aromatic heterocycles. The first kappa shape index (κ1) is 13.5. The fourth-order valence-corrected chi connectivity index (χ4v) is 4.28. The molecule has 1 aromatic carbocycles. The number of hydrogen-bond acceptors (Lipinski definition) is 4. The molecule has 0 saturated carbocycles. The van der Waals surface area contributed by atoms with Crippen LogP contribution in [0.1, 0.15) is 16.5 Å². The van der Waals surface area contributed by atoms with Crippen molar-refractivity contribution in [1.82, 2.24) is 0 Å². The molecule has 2 N–H and O–H groups in total. The fraction of sp³-hybridized carbons (Fsp3) is 0.200. The van der Waals surface area contributed by atoms with E-state index < -0.39 is 0 Å². The number of methoxy groups -OCH3 is 1. The van der Waals surface area contributed by atoms with Gasteiger partial charge in [-0.2, -0.15) is 0 Å². The third-order valence-corrected chi connectivity index (χ3v) is 5.42. The molecule has 3 aromatic rings. The van der Waals surface area contributed by atoms with E-state index in [-0.39, 0.29) is 17.6 Å². The lowest BCUT2D eigenvalue weighted by molar-refractivity contribution is 0.386. The van der Waals surface area contributed by atoms with Crippen LogP contribution >= 0.6 is 22.7 Å². The second-order valence-corrected chi connectivity index (χ2v) is 6.64. The van der Waals surface area contributed by atoms with Gasteiger partial charge >= 0.3 is 0 Å². The zero-order chi connectivity index (χ0) is 14.1. The molecule has 0 saturated heterocycles. The standard InChI is InChI=1S/C15H14FNOS2/c1-18-12-3-2-9(6-10(12)16)7-11(17)14-8-15-13(20-14)4-5-19-15/h2-6,8,11H,7,17H2,1H3. The van der Waals surface area contributed by atoms with Crippen molar-refractivity contribution in [1.29, 1.82) is 0 Å². The number of fused-ring (bicyclic) bond motifs is 1. The first-order chi connectivity index (χ1) is 9.67. The molecule has 2 heterocycles. The number of ether oxygens (including phenoxy) is 1. The maximum atomic E-state index is 13.7. The minimum atomic E-state index is -0.343. The van der Waals surface area contributed by atoms with Gasteiger partial charge < -0.3 is 10.5 Å². The summed E-state index contributed by atoms with van der Waals surface area (Å²) in [6, 6.07) is 9.13. The van der Waals surface area contributed by atoms with Crippen LogP contribution in [0, 0.1) is 5.82 Å². The summed E-state index contributed by atoms with van der Waals surface area (Å²) in [5.41, 5.74) is 7.11. The number of nitrogens with two attached hydrogens (primary N) is 1. The molecule has 0 spiro atoms. The molecule has 1 unspecified atom stereocenters. The minimum absolute atomic E-state index is 0.104. The average Bonchev–Trinajstić information content (AvgIpc) is 2.99. The predicted octanol–water partition coefficient (Wildman–Crippen LogP) is 4.35. The molecule has 1 atom stereocenters. The van der Waals surface area contributed by atoms with Crippen LogP contribution in [0.3, 0.4) is 0 Å². The monoisotopic (exact) mass is 307 g/mol. The Morgan fingerprint density at radius 1 is 1.25 bits per heavy atom. The molecule has 20 heavy (non-hydrogen) atoms. The summed E-state index contributed by atoms with van der Waals surface area (Å²) in [4.78, 5) is 1.14. The summed E-state index contributed by atoms with van der Waals surface area (Å²) in [6.07, 6.45) is 0.620. The van der Waals surface area contributed by atoms with E-state index >= 15 is 0 Å². The molecule has 0 aliphatic heterocycles. The van der Waals surface area contributed by atoms with Crippen LogP contribution in [0.5, 0.6) is 5.75 Å². The van der Waals surface area contributed by atoms with Crippen LogP contribution < -0.4 is 10.5 Å². The Balaban J connectivity index is 1.79. The molecule has 0 aliphatic carbocycles. The van der Waals surface area contributed by atoms with Crippen LogP contribution in [-0.4, -0.2) is 7.11 Å². The highest BCUT2D eigenvalue weighted by atomic mass is 32.1. The van der Waals surface area contributed by atoms with Gasteiger partial charge in [0.2, 0.25) is 0 Å². The molecular formula is C15H14FNOS2. The van der Waals surface area contributed by atoms with Crippen molar-refractivity contribution in [3.05, 3.63) is 52.0 Å². The number of hydrogen-bond donors (Lipinski definition) is 1. The average molecular weight is 307 g/mol. The van der Waals surface area contributed by atoms with E-state index in [0.29, 0.717) is 6.42 Å². The summed E-state index contributed by atoms with van der Waals surface area (Å²) in [5.74, 6) is -0.0803. The van der Waals surface area contributed by atoms with Gasteiger partial charge in [-0.1, -0.05) is 6.07 Å². The predicted molar refractivity (Wildman–Crippen MR) is 83.3 cm³/mol. The fourth-order valence-electron chi connectivity index (χ4n) is 2.16. The molecule has 2 nitrogen and oxygen atoms in total. The normalized spacial score (nSPS) is 12.8. The zero-order valence-electron chi connectivity index (χ0n) is 10.9. The Hall–Kier alpha value is -1.43. The van der Waals surface area contributed by atoms with Crippen molar-refractivity contribution < 1.29 is 9.13 Å². The Labute approximate surface area is 124 Å². The smallest absolute Gasteiger partial charge is 0.165 e. The number of rotatable bonds is 4. The molecule has 0 fully saturated rings. The highest BCUT2D eigenvalue weighted by Gasteiger charge is 2.13. The SMILES string of the molecule is COc1ccc(CC(N)c2cc3sccc3s2)cc1F. The molecule has 0 aliphatic rings. The van der Waals surface area contributed by atoms with E-state index in [0.717, 1.165) is 10.4 Å². The number of halogens is 1. The van der Waals surface area contributed by atoms with Gasteiger partial charge in [-0.3, -0.25) is 0 Å². The van der Waals surface area contributed by atoms with Crippen molar-refractivity contribution in [2.45, 2.75) is 12.5 Å². The summed E-state index contributed by atoms with van der Waals surface area (Å²) in [5, 5.41) is 2.08. The molecule has 104 valence electrons. The molecule has 0 radical (unpaired) electrons. The van der Waals surface area contributed by atoms with Gasteiger partial charge in [0.25, 0.3) is 0 Å². The quantitative estimate of drug-likeness (QED) is 0.777. The lowest BCUT2D eigenvalue weighted by Crippen LogP contribution is -2.11. The molecule has 5 heteroatoms. The van der Waals surface area contributed by atoms with Crippen LogP contribution in [0.25, 0.3) is 9.40 Å². The van der Waals surface area contributed by atoms with Gasteiger partial charge in [0.1, 0.15) is 0 Å². The second kappa shape index (κ2) is 5.52. The third-order valence-electron chi connectivity index (χ3n) is 3.20. The summed E-state index contributed by atoms with van der Waals surface area (Å²) < 4.78 is 21.1. The summed E-state index contributed by atoms with van der Waals surface area (Å²) >= 11 is 3.43. The van der Waals surface area contributed by atoms with E-state index in [1.54, 1.807) is 28.7 Å². The lowest BCUT2D eigenvalue weighted by atomic mass is 10.1. The van der Waals surface area contributed by atoms with E-state index in [4.69, 9.17) is 10.5 Å². The minimum Gasteiger partial charge on any atom is -0.494 e. The van der Waals surface area contributed by atoms with Gasteiger partial charge in [0, 0.05) is 20.3 Å². The first-order valence-electron chi connectivity index (χ1n) is 6.22. The Morgan fingerprint density at radius 3 is 2.80 bits per heavy atom. The van der Waals surface area contributed by atoms with Gasteiger partial charge in [0.15, 0.2) is 11.6 Å². The number of thiophene rings is 2. The van der Waals surface area contributed by atoms with E-state index in [9.17, 15) is 4.39 Å². The zero-order valence-corrected chi connectivity index (χ0v) is 12.6. The van der Waals surface area contributed by atoms with Crippen molar-refractivity contribution in [3.63, 3.8) is 0 Å². The Morgan fingerprint density at radius 2 is 2.10 bits per heavy atom. The third kappa shape index (κ3) is 2.57. The topological polar surface area (TPSA) is 35.2 Å². The summed E-state index contributed by atoms with van der Waals surface area (Å²) in [6.45, 7) is 0. The van der Waals surface area contributed by atoms with E-state index in [1.165, 1.54) is 22.6 Å². The first-order valence-corrected chi connectivity index (χ1v) is 7.92. The highest BCUT2D eigenvalue weighted by Crippen LogP contribution is 2.33. The van der Waals surface area contributed by atoms with Gasteiger partial charge in [-0.05, 0) is 41.6 Å². The van der Waals surface area contributed by atoms with Gasteiger partial charge in [0.05, 0.1) is 7.11 Å². The number of benzene rings is 1. The molecule has 0 amide bonds. The van der Waals surface area contributed by atoms with Crippen molar-refractivity contribution in [2.24, 2.45) is 5.73 Å². The Bertz CT molecular complexity index is 706. The van der Waals surface area contributed by atoms with Crippen LogP contribution in [0.2, 0.25) is 0 Å². The van der Waals surface area contributed by atoms with Gasteiger partial charge in [-0.15, -0.1) is 22.7 Å². The second-order valence-electron chi connectivity index (χ2n) is 4.58. The maximum absolute atomic E-state index is 13.7. The van der Waals surface area contributed by atoms with E-state index in [1.807, 2.05) is 6.07 Å². The Kier molecular flexibility index (Phi) is 3.74. The highest BCUT2D eigenvalue weighted by molar-refractivity contribution is 7.26. The largest absolute Gasteiger partial charge is 0.494 e. The van der Waals surface area contributed by atoms with Crippen molar-refractivity contribution in [2.75, 3.05) is 7.11 Å². The molecule has 3 rings (SSSR count). The maximum Gasteiger partial charge on any atom is 0.165 e. The van der Waals surface area contributed by atoms with Crippen LogP contribution in [-0.2, 0) is 6.42 Å².